The lowest BCUT2D eigenvalue weighted by atomic mass is 10.1. The van der Waals surface area contributed by atoms with Crippen molar-refractivity contribution in [3.05, 3.63) is 71.8 Å². The molecule has 1 fully saturated rings. The molecule has 4 nitrogen and oxygen atoms in total. The SMILES string of the molecule is O=C(CN1CCN(C(=O)CCc2ccccc2)CC1)c1ccccc1. The lowest BCUT2D eigenvalue weighted by molar-refractivity contribution is -0.132. The zero-order valence-corrected chi connectivity index (χ0v) is 14.4. The summed E-state index contributed by atoms with van der Waals surface area (Å²) in [5.41, 5.74) is 1.95. The summed E-state index contributed by atoms with van der Waals surface area (Å²) in [5, 5.41) is 0. The van der Waals surface area contributed by atoms with Crippen LogP contribution in [0.25, 0.3) is 0 Å². The molecule has 4 heteroatoms. The van der Waals surface area contributed by atoms with Crippen LogP contribution in [0.5, 0.6) is 0 Å². The van der Waals surface area contributed by atoms with Crippen molar-refractivity contribution >= 4 is 11.7 Å². The van der Waals surface area contributed by atoms with Gasteiger partial charge < -0.3 is 4.90 Å². The van der Waals surface area contributed by atoms with E-state index in [1.807, 2.05) is 53.4 Å². The van der Waals surface area contributed by atoms with Crippen LogP contribution < -0.4 is 0 Å². The number of rotatable bonds is 6. The van der Waals surface area contributed by atoms with Crippen LogP contribution in [0.4, 0.5) is 0 Å². The minimum Gasteiger partial charge on any atom is -0.340 e. The molecule has 1 aliphatic heterocycles. The highest BCUT2D eigenvalue weighted by Crippen LogP contribution is 2.09. The summed E-state index contributed by atoms with van der Waals surface area (Å²) in [5.74, 6) is 0.349. The summed E-state index contributed by atoms with van der Waals surface area (Å²) in [4.78, 5) is 28.7. The van der Waals surface area contributed by atoms with E-state index in [0.29, 0.717) is 26.1 Å². The van der Waals surface area contributed by atoms with Crippen LogP contribution in [0.1, 0.15) is 22.3 Å². The molecule has 0 unspecified atom stereocenters. The average Bonchev–Trinajstić information content (AvgIpc) is 2.68. The fourth-order valence-corrected chi connectivity index (χ4v) is 3.13. The van der Waals surface area contributed by atoms with E-state index in [1.54, 1.807) is 0 Å². The molecule has 0 N–H and O–H groups in total. The minimum atomic E-state index is 0.143. The molecule has 2 aromatic rings. The Labute approximate surface area is 149 Å². The van der Waals surface area contributed by atoms with Gasteiger partial charge in [-0.05, 0) is 12.0 Å². The fraction of sp³-hybridized carbons (Fsp3) is 0.333. The van der Waals surface area contributed by atoms with Crippen molar-refractivity contribution in [2.75, 3.05) is 32.7 Å². The molecular formula is C21H24N2O2. The molecule has 0 aromatic heterocycles. The first-order valence-corrected chi connectivity index (χ1v) is 8.85. The summed E-state index contributed by atoms with van der Waals surface area (Å²) in [6.45, 7) is 3.35. The predicted octanol–water partition coefficient (Wildman–Crippen LogP) is 2.65. The second-order valence-electron chi connectivity index (χ2n) is 6.43. The number of ketones is 1. The molecule has 0 bridgehead atoms. The van der Waals surface area contributed by atoms with E-state index in [9.17, 15) is 9.59 Å². The van der Waals surface area contributed by atoms with E-state index in [1.165, 1.54) is 5.56 Å². The second-order valence-corrected chi connectivity index (χ2v) is 6.43. The number of aryl methyl sites for hydroxylation is 1. The Morgan fingerprint density at radius 3 is 2.04 bits per heavy atom. The Kier molecular flexibility index (Phi) is 5.96. The van der Waals surface area contributed by atoms with Crippen molar-refractivity contribution in [1.82, 2.24) is 9.80 Å². The van der Waals surface area contributed by atoms with Crippen molar-refractivity contribution in [2.24, 2.45) is 0 Å². The monoisotopic (exact) mass is 336 g/mol. The fourth-order valence-electron chi connectivity index (χ4n) is 3.13. The van der Waals surface area contributed by atoms with Crippen LogP contribution in [-0.2, 0) is 11.2 Å². The van der Waals surface area contributed by atoms with E-state index < -0.39 is 0 Å². The number of amides is 1. The molecule has 0 spiro atoms. The second kappa shape index (κ2) is 8.58. The van der Waals surface area contributed by atoms with E-state index >= 15 is 0 Å². The summed E-state index contributed by atoms with van der Waals surface area (Å²) in [6, 6.07) is 19.5. The molecule has 0 radical (unpaired) electrons. The topological polar surface area (TPSA) is 40.6 Å². The third-order valence-corrected chi connectivity index (χ3v) is 4.66. The maximum atomic E-state index is 12.4. The van der Waals surface area contributed by atoms with E-state index in [-0.39, 0.29) is 11.7 Å². The lowest BCUT2D eigenvalue weighted by Crippen LogP contribution is -2.49. The standard InChI is InChI=1S/C21H24N2O2/c24-20(19-9-5-2-6-10-19)17-22-13-15-23(16-14-22)21(25)12-11-18-7-3-1-4-8-18/h1-10H,11-17H2. The smallest absolute Gasteiger partial charge is 0.222 e. The number of carbonyl (C=O) groups excluding carboxylic acids is 2. The Morgan fingerprint density at radius 2 is 1.40 bits per heavy atom. The summed E-state index contributed by atoms with van der Waals surface area (Å²) in [7, 11) is 0. The van der Waals surface area contributed by atoms with Crippen molar-refractivity contribution in [3.8, 4) is 0 Å². The molecule has 0 atom stereocenters. The van der Waals surface area contributed by atoms with Crippen molar-refractivity contribution in [1.29, 1.82) is 0 Å². The van der Waals surface area contributed by atoms with Crippen LogP contribution in [0.15, 0.2) is 60.7 Å². The van der Waals surface area contributed by atoms with Gasteiger partial charge in [0.05, 0.1) is 6.54 Å². The zero-order valence-electron chi connectivity index (χ0n) is 14.4. The van der Waals surface area contributed by atoms with Crippen LogP contribution in [0, 0.1) is 0 Å². The van der Waals surface area contributed by atoms with E-state index in [4.69, 9.17) is 0 Å². The van der Waals surface area contributed by atoms with Crippen LogP contribution >= 0.6 is 0 Å². The number of Topliss-reactive ketones (excluding diaryl/α,β-unsaturated/α-hetero) is 1. The summed E-state index contributed by atoms with van der Waals surface area (Å²) in [6.07, 6.45) is 1.33. The largest absolute Gasteiger partial charge is 0.340 e. The first kappa shape index (κ1) is 17.4. The van der Waals surface area contributed by atoms with Crippen LogP contribution in [0.3, 0.4) is 0 Å². The molecule has 130 valence electrons. The van der Waals surface area contributed by atoms with Gasteiger partial charge in [0.15, 0.2) is 5.78 Å². The van der Waals surface area contributed by atoms with Gasteiger partial charge in [-0.15, -0.1) is 0 Å². The Bertz CT molecular complexity index is 692. The summed E-state index contributed by atoms with van der Waals surface area (Å²) < 4.78 is 0. The van der Waals surface area contributed by atoms with Gasteiger partial charge in [-0.1, -0.05) is 60.7 Å². The van der Waals surface area contributed by atoms with Crippen molar-refractivity contribution in [2.45, 2.75) is 12.8 Å². The quantitative estimate of drug-likeness (QED) is 0.762. The highest BCUT2D eigenvalue weighted by molar-refractivity contribution is 5.97. The molecule has 1 heterocycles. The molecule has 1 saturated heterocycles. The zero-order chi connectivity index (χ0) is 17.5. The van der Waals surface area contributed by atoms with E-state index in [2.05, 4.69) is 17.0 Å². The molecule has 1 aliphatic rings. The Balaban J connectivity index is 1.42. The molecule has 0 saturated carbocycles. The van der Waals surface area contributed by atoms with Gasteiger partial charge in [-0.3, -0.25) is 14.5 Å². The average molecular weight is 336 g/mol. The van der Waals surface area contributed by atoms with Gasteiger partial charge in [0.25, 0.3) is 0 Å². The lowest BCUT2D eigenvalue weighted by Gasteiger charge is -2.34. The van der Waals surface area contributed by atoms with Gasteiger partial charge in [0, 0.05) is 38.2 Å². The third kappa shape index (κ3) is 5.00. The van der Waals surface area contributed by atoms with Crippen LogP contribution in [-0.4, -0.2) is 54.2 Å². The Morgan fingerprint density at radius 1 is 0.800 bits per heavy atom. The predicted molar refractivity (Wildman–Crippen MR) is 98.6 cm³/mol. The summed E-state index contributed by atoms with van der Waals surface area (Å²) >= 11 is 0. The minimum absolute atomic E-state index is 0.143. The molecule has 0 aliphatic carbocycles. The normalized spacial score (nSPS) is 15.1. The molecule has 25 heavy (non-hydrogen) atoms. The van der Waals surface area contributed by atoms with Gasteiger partial charge in [-0.25, -0.2) is 0 Å². The third-order valence-electron chi connectivity index (χ3n) is 4.66. The van der Waals surface area contributed by atoms with Gasteiger partial charge in [0.2, 0.25) is 5.91 Å². The van der Waals surface area contributed by atoms with E-state index in [0.717, 1.165) is 25.1 Å². The highest BCUT2D eigenvalue weighted by atomic mass is 16.2. The van der Waals surface area contributed by atoms with Gasteiger partial charge >= 0.3 is 0 Å². The number of hydrogen-bond donors (Lipinski definition) is 0. The maximum absolute atomic E-state index is 12.4. The highest BCUT2D eigenvalue weighted by Gasteiger charge is 2.22. The maximum Gasteiger partial charge on any atom is 0.222 e. The number of piperazine rings is 1. The number of benzene rings is 2. The van der Waals surface area contributed by atoms with Gasteiger partial charge in [-0.2, -0.15) is 0 Å². The van der Waals surface area contributed by atoms with Crippen molar-refractivity contribution < 1.29 is 9.59 Å². The number of nitrogens with zero attached hydrogens (tertiary/aromatic N) is 2. The molecule has 1 amide bonds. The first-order chi connectivity index (χ1) is 12.2. The Hall–Kier alpha value is -2.46. The molecular weight excluding hydrogens is 312 g/mol. The number of hydrogen-bond acceptors (Lipinski definition) is 3. The molecule has 2 aromatic carbocycles. The molecule has 3 rings (SSSR count). The van der Waals surface area contributed by atoms with Gasteiger partial charge in [0.1, 0.15) is 0 Å². The number of carbonyl (C=O) groups is 2. The van der Waals surface area contributed by atoms with Crippen molar-refractivity contribution in [3.63, 3.8) is 0 Å². The van der Waals surface area contributed by atoms with Crippen LogP contribution in [0.2, 0.25) is 0 Å². The first-order valence-electron chi connectivity index (χ1n) is 8.85.